The molecule has 0 radical (unpaired) electrons. The van der Waals surface area contributed by atoms with Crippen LogP contribution in [0.1, 0.15) is 5.56 Å². The van der Waals surface area contributed by atoms with Crippen LogP contribution in [0.3, 0.4) is 0 Å². The van der Waals surface area contributed by atoms with Crippen molar-refractivity contribution >= 4 is 5.52 Å². The van der Waals surface area contributed by atoms with Gasteiger partial charge in [0.1, 0.15) is 0 Å². The summed E-state index contributed by atoms with van der Waals surface area (Å²) in [5.41, 5.74) is 2.47. The second-order valence-corrected chi connectivity index (χ2v) is 4.20. The predicted molar refractivity (Wildman–Crippen MR) is 68.2 cm³/mol. The molecule has 0 unspecified atom stereocenters. The first kappa shape index (κ1) is 10.7. The molecule has 0 amide bonds. The van der Waals surface area contributed by atoms with Crippen LogP contribution in [0.5, 0.6) is 0 Å². The Hall–Kier alpha value is -2.49. The number of pyridine rings is 1. The maximum absolute atomic E-state index is 11.9. The minimum Gasteiger partial charge on any atom is -0.296 e. The summed E-state index contributed by atoms with van der Waals surface area (Å²) in [6.07, 6.45) is 1.77. The molecule has 0 aliphatic rings. The maximum atomic E-state index is 11.9. The maximum Gasteiger partial charge on any atom is 0.324 e. The number of aromatic amines is 1. The molecule has 0 fully saturated rings. The van der Waals surface area contributed by atoms with Gasteiger partial charge in [-0.3, -0.25) is 9.78 Å². The van der Waals surface area contributed by atoms with E-state index in [2.05, 4.69) is 10.1 Å². The van der Waals surface area contributed by atoms with E-state index in [1.165, 1.54) is 5.56 Å². The molecule has 0 bridgehead atoms. The van der Waals surface area contributed by atoms with Crippen LogP contribution < -0.4 is 10.1 Å². The van der Waals surface area contributed by atoms with Gasteiger partial charge in [-0.05, 0) is 17.5 Å². The average Bonchev–Trinajstić information content (AvgIpc) is 2.39. The Morgan fingerprint density at radius 3 is 2.67 bits per heavy atom. The summed E-state index contributed by atoms with van der Waals surface area (Å²) in [6, 6.07) is 13.3. The highest BCUT2D eigenvalue weighted by molar-refractivity contribution is 5.54. The molecule has 1 aromatic carbocycles. The minimum atomic E-state index is -0.138. The van der Waals surface area contributed by atoms with Crippen LogP contribution >= 0.6 is 0 Å². The summed E-state index contributed by atoms with van der Waals surface area (Å²) in [5, 5.41) is 4.40. The molecule has 88 valence electrons. The van der Waals surface area contributed by atoms with Gasteiger partial charge in [-0.25, -0.2) is 0 Å². The smallest absolute Gasteiger partial charge is 0.296 e. The van der Waals surface area contributed by atoms with E-state index in [-0.39, 0.29) is 5.56 Å². The van der Waals surface area contributed by atoms with Gasteiger partial charge in [0.05, 0.1) is 0 Å². The van der Waals surface area contributed by atoms with E-state index in [4.69, 9.17) is 0 Å². The molecule has 3 rings (SSSR count). The molecule has 2 heterocycles. The van der Waals surface area contributed by atoms with E-state index in [9.17, 15) is 4.79 Å². The highest BCUT2D eigenvalue weighted by Crippen LogP contribution is 2.12. The number of H-pyrrole nitrogens is 1. The molecule has 0 spiro atoms. The zero-order valence-electron chi connectivity index (χ0n) is 9.92. The number of benzene rings is 1. The van der Waals surface area contributed by atoms with E-state index in [1.54, 1.807) is 16.8 Å². The van der Waals surface area contributed by atoms with Crippen molar-refractivity contribution in [2.75, 3.05) is 0 Å². The van der Waals surface area contributed by atoms with Crippen molar-refractivity contribution in [3.05, 3.63) is 64.6 Å². The summed E-state index contributed by atoms with van der Waals surface area (Å²) in [5.74, 6) is 0.573. The van der Waals surface area contributed by atoms with E-state index in [1.807, 2.05) is 43.3 Å². The van der Waals surface area contributed by atoms with Crippen LogP contribution in [-0.4, -0.2) is 10.1 Å². The molecule has 0 saturated heterocycles. The average molecular weight is 238 g/mol. The molecule has 1 N–H and O–H groups in total. The summed E-state index contributed by atoms with van der Waals surface area (Å²) >= 11 is 0. The minimum absolute atomic E-state index is 0.138. The van der Waals surface area contributed by atoms with Crippen LogP contribution in [0.15, 0.2) is 53.5 Å². The number of rotatable bonds is 1. The van der Waals surface area contributed by atoms with Gasteiger partial charge in [0.2, 0.25) is 12.0 Å². The van der Waals surface area contributed by atoms with Gasteiger partial charge in [-0.2, -0.15) is 0 Å². The molecule has 0 aliphatic heterocycles. The molecule has 2 aromatic heterocycles. The zero-order valence-corrected chi connectivity index (χ0v) is 9.92. The molecule has 0 aliphatic carbocycles. The van der Waals surface area contributed by atoms with Crippen molar-refractivity contribution in [1.29, 1.82) is 0 Å². The van der Waals surface area contributed by atoms with E-state index < -0.39 is 0 Å². The first-order chi connectivity index (χ1) is 8.74. The lowest BCUT2D eigenvalue weighted by atomic mass is 10.1. The first-order valence-electron chi connectivity index (χ1n) is 5.72. The van der Waals surface area contributed by atoms with Gasteiger partial charge in [-0.1, -0.05) is 29.8 Å². The van der Waals surface area contributed by atoms with E-state index in [0.29, 0.717) is 11.3 Å². The summed E-state index contributed by atoms with van der Waals surface area (Å²) in [6.45, 7) is 2.02. The number of nitrogens with zero attached hydrogens (tertiary/aromatic N) is 2. The Bertz CT molecular complexity index is 760. The lowest BCUT2D eigenvalue weighted by Gasteiger charge is -1.98. The molecule has 0 atom stereocenters. The van der Waals surface area contributed by atoms with Crippen molar-refractivity contribution < 1.29 is 4.52 Å². The van der Waals surface area contributed by atoms with Crippen LogP contribution in [0.25, 0.3) is 16.9 Å². The van der Waals surface area contributed by atoms with Crippen LogP contribution in [0.2, 0.25) is 0 Å². The van der Waals surface area contributed by atoms with Crippen molar-refractivity contribution in [3.8, 4) is 11.4 Å². The van der Waals surface area contributed by atoms with Crippen molar-refractivity contribution in [1.82, 2.24) is 10.1 Å². The van der Waals surface area contributed by atoms with Crippen molar-refractivity contribution in [3.63, 3.8) is 0 Å². The number of hydrogen-bond donors (Lipinski definition) is 1. The lowest BCUT2D eigenvalue weighted by molar-refractivity contribution is -0.581. The molecule has 18 heavy (non-hydrogen) atoms. The van der Waals surface area contributed by atoms with Gasteiger partial charge in [0, 0.05) is 22.8 Å². The summed E-state index contributed by atoms with van der Waals surface area (Å²) < 4.78 is 1.59. The fourth-order valence-electron chi connectivity index (χ4n) is 1.85. The highest BCUT2D eigenvalue weighted by Gasteiger charge is 2.11. The third-order valence-electron chi connectivity index (χ3n) is 2.84. The van der Waals surface area contributed by atoms with Gasteiger partial charge in [0.15, 0.2) is 0 Å². The Morgan fingerprint density at radius 1 is 1.11 bits per heavy atom. The van der Waals surface area contributed by atoms with Gasteiger partial charge in [0.25, 0.3) is 0 Å². The lowest BCUT2D eigenvalue weighted by Crippen LogP contribution is -2.34. The molecule has 4 heteroatoms. The molecule has 0 saturated carbocycles. The molecular formula is C14H12N3O+. The Balaban J connectivity index is 2.24. The monoisotopic (exact) mass is 238 g/mol. The van der Waals surface area contributed by atoms with Gasteiger partial charge >= 0.3 is 11.1 Å². The standard InChI is InChI=1S/C14H11N3O/c1-10-5-7-11(8-6-10)13-15-14(18)12-4-2-3-9-17(12)16-13/h2-9H,1H3/p+1. The third kappa shape index (κ3) is 1.78. The Kier molecular flexibility index (Phi) is 2.41. The fraction of sp³-hybridized carbons (Fsp3) is 0.0714. The molecule has 4 nitrogen and oxygen atoms in total. The zero-order chi connectivity index (χ0) is 12.5. The topological polar surface area (TPSA) is 49.9 Å². The van der Waals surface area contributed by atoms with Crippen LogP contribution in [0, 0.1) is 6.92 Å². The van der Waals surface area contributed by atoms with Crippen molar-refractivity contribution in [2.45, 2.75) is 6.92 Å². The Labute approximate surface area is 104 Å². The summed E-state index contributed by atoms with van der Waals surface area (Å²) in [7, 11) is 0. The van der Waals surface area contributed by atoms with Crippen molar-refractivity contribution in [2.24, 2.45) is 0 Å². The SMILES string of the molecule is Cc1ccc(-c2n[n+]3ccccc3c(=O)[nH]2)cc1. The van der Waals surface area contributed by atoms with Crippen LogP contribution in [0.4, 0.5) is 0 Å². The number of fused-ring (bicyclic) bond motifs is 1. The number of hydrogen-bond acceptors (Lipinski definition) is 2. The highest BCUT2D eigenvalue weighted by atomic mass is 16.1. The van der Waals surface area contributed by atoms with Gasteiger partial charge in [-0.15, -0.1) is 0 Å². The van der Waals surface area contributed by atoms with Crippen LogP contribution in [-0.2, 0) is 0 Å². The largest absolute Gasteiger partial charge is 0.324 e. The Morgan fingerprint density at radius 2 is 1.89 bits per heavy atom. The van der Waals surface area contributed by atoms with E-state index >= 15 is 0 Å². The number of aryl methyl sites for hydroxylation is 1. The third-order valence-corrected chi connectivity index (χ3v) is 2.84. The number of nitrogens with one attached hydrogen (secondary N) is 1. The predicted octanol–water partition coefficient (Wildman–Crippen LogP) is 1.48. The normalized spacial score (nSPS) is 10.7. The fourth-order valence-corrected chi connectivity index (χ4v) is 1.85. The van der Waals surface area contributed by atoms with Gasteiger partial charge < -0.3 is 0 Å². The number of aromatic nitrogens is 3. The second-order valence-electron chi connectivity index (χ2n) is 4.20. The molecule has 3 aromatic rings. The first-order valence-corrected chi connectivity index (χ1v) is 5.72. The second kappa shape index (κ2) is 4.07. The molecular weight excluding hydrogens is 226 g/mol. The summed E-state index contributed by atoms with van der Waals surface area (Å²) in [4.78, 5) is 14.7. The van der Waals surface area contributed by atoms with E-state index in [0.717, 1.165) is 5.56 Å². The quantitative estimate of drug-likeness (QED) is 0.653.